The maximum absolute atomic E-state index is 12.0. The van der Waals surface area contributed by atoms with Crippen LogP contribution in [0.3, 0.4) is 0 Å². The van der Waals surface area contributed by atoms with Gasteiger partial charge in [-0.2, -0.15) is 0 Å². The summed E-state index contributed by atoms with van der Waals surface area (Å²) in [6, 6.07) is 7.11. The van der Waals surface area contributed by atoms with E-state index in [1.165, 1.54) is 22.7 Å². The minimum atomic E-state index is -0.490. The Kier molecular flexibility index (Phi) is 7.39. The van der Waals surface area contributed by atoms with Crippen molar-refractivity contribution in [2.45, 2.75) is 11.8 Å². The highest BCUT2D eigenvalue weighted by Gasteiger charge is 2.27. The van der Waals surface area contributed by atoms with Crippen LogP contribution in [-0.4, -0.2) is 54.5 Å². The number of hydrogen-bond donors (Lipinski definition) is 0. The molecule has 1 aliphatic rings. The Balaban J connectivity index is 1.89. The van der Waals surface area contributed by atoms with Crippen LogP contribution < -0.4 is 0 Å². The van der Waals surface area contributed by atoms with Gasteiger partial charge in [0, 0.05) is 4.90 Å². The first-order valence-corrected chi connectivity index (χ1v) is 9.89. The van der Waals surface area contributed by atoms with Gasteiger partial charge >= 0.3 is 11.9 Å². The quantitative estimate of drug-likeness (QED) is 0.408. The third-order valence-electron chi connectivity index (χ3n) is 3.31. The van der Waals surface area contributed by atoms with Crippen molar-refractivity contribution in [3.8, 4) is 0 Å². The van der Waals surface area contributed by atoms with Gasteiger partial charge in [0.05, 0.1) is 35.6 Å². The molecule has 1 aromatic rings. The van der Waals surface area contributed by atoms with E-state index in [1.54, 1.807) is 30.8 Å². The summed E-state index contributed by atoms with van der Waals surface area (Å²) in [4.78, 5) is 38.0. The highest BCUT2D eigenvalue weighted by molar-refractivity contribution is 8.04. The van der Waals surface area contributed by atoms with Crippen LogP contribution >= 0.6 is 23.5 Å². The number of benzene rings is 1. The van der Waals surface area contributed by atoms with Gasteiger partial charge in [0.2, 0.25) is 5.91 Å². The third kappa shape index (κ3) is 5.54. The molecule has 0 radical (unpaired) electrons. The molecule has 1 amide bonds. The van der Waals surface area contributed by atoms with Crippen LogP contribution in [0.2, 0.25) is 0 Å². The van der Waals surface area contributed by atoms with Crippen molar-refractivity contribution in [2.24, 2.45) is 0 Å². The van der Waals surface area contributed by atoms with Crippen molar-refractivity contribution in [1.82, 2.24) is 4.90 Å². The molecule has 1 aromatic carbocycles. The Labute approximate surface area is 154 Å². The molecule has 0 atom stereocenters. The fourth-order valence-electron chi connectivity index (χ4n) is 2.09. The molecule has 134 valence electrons. The molecule has 0 saturated carbocycles. The first kappa shape index (κ1) is 19.4. The van der Waals surface area contributed by atoms with Gasteiger partial charge in [0.15, 0.2) is 0 Å². The lowest BCUT2D eigenvalue weighted by atomic mass is 10.2. The van der Waals surface area contributed by atoms with Crippen LogP contribution in [0.5, 0.6) is 0 Å². The molecule has 1 aliphatic heterocycles. The summed E-state index contributed by atoms with van der Waals surface area (Å²) >= 11 is 2.86. The van der Waals surface area contributed by atoms with E-state index in [9.17, 15) is 14.4 Å². The molecule has 0 unspecified atom stereocenters. The Morgan fingerprint density at radius 1 is 1.28 bits per heavy atom. The second-order valence-electron chi connectivity index (χ2n) is 4.93. The molecular weight excluding hydrogens is 362 g/mol. The zero-order valence-corrected chi connectivity index (χ0v) is 15.7. The van der Waals surface area contributed by atoms with Gasteiger partial charge in [-0.1, -0.05) is 11.8 Å². The SMILES string of the molecule is CCOC(=O)/C=C1\SCC(=O)N1CCOC(=O)c1ccc(SC)cc1. The lowest BCUT2D eigenvalue weighted by Gasteiger charge is -2.16. The summed E-state index contributed by atoms with van der Waals surface area (Å²) in [5, 5.41) is 0.517. The van der Waals surface area contributed by atoms with Crippen LogP contribution in [0.15, 0.2) is 40.3 Å². The van der Waals surface area contributed by atoms with Crippen LogP contribution in [-0.2, 0) is 19.1 Å². The average molecular weight is 381 g/mol. The van der Waals surface area contributed by atoms with Gasteiger partial charge in [-0.05, 0) is 37.4 Å². The molecule has 0 bridgehead atoms. The lowest BCUT2D eigenvalue weighted by Crippen LogP contribution is -2.29. The number of carbonyl (C=O) groups is 3. The summed E-state index contributed by atoms with van der Waals surface area (Å²) in [5.41, 5.74) is 0.460. The predicted molar refractivity (Wildman–Crippen MR) is 97.4 cm³/mol. The van der Waals surface area contributed by atoms with Crippen LogP contribution in [0, 0.1) is 0 Å². The molecule has 0 spiro atoms. The van der Waals surface area contributed by atoms with Crippen LogP contribution in [0.4, 0.5) is 0 Å². The van der Waals surface area contributed by atoms with E-state index in [0.717, 1.165) is 4.90 Å². The van der Waals surface area contributed by atoms with Crippen molar-refractivity contribution in [2.75, 3.05) is 31.8 Å². The smallest absolute Gasteiger partial charge is 0.338 e. The van der Waals surface area contributed by atoms with Gasteiger partial charge in [0.1, 0.15) is 6.61 Å². The number of nitrogens with zero attached hydrogens (tertiary/aromatic N) is 1. The van der Waals surface area contributed by atoms with Crippen molar-refractivity contribution in [3.05, 3.63) is 40.9 Å². The van der Waals surface area contributed by atoms with E-state index in [-0.39, 0.29) is 31.4 Å². The number of amides is 1. The Morgan fingerprint density at radius 2 is 2.00 bits per heavy atom. The second kappa shape index (κ2) is 9.53. The normalized spacial score (nSPS) is 15.5. The molecule has 8 heteroatoms. The minimum absolute atomic E-state index is 0.0512. The van der Waals surface area contributed by atoms with E-state index in [0.29, 0.717) is 10.6 Å². The summed E-state index contributed by atoms with van der Waals surface area (Å²) in [5.74, 6) is -0.797. The fourth-order valence-corrected chi connectivity index (χ4v) is 3.46. The van der Waals surface area contributed by atoms with Crippen LogP contribution in [0.1, 0.15) is 17.3 Å². The highest BCUT2D eigenvalue weighted by Crippen LogP contribution is 2.28. The van der Waals surface area contributed by atoms with E-state index < -0.39 is 11.9 Å². The number of esters is 2. The Morgan fingerprint density at radius 3 is 2.64 bits per heavy atom. The molecule has 6 nitrogen and oxygen atoms in total. The molecule has 0 aliphatic carbocycles. The Hall–Kier alpha value is -1.93. The third-order valence-corrected chi connectivity index (χ3v) is 5.08. The van der Waals surface area contributed by atoms with E-state index in [1.807, 2.05) is 18.4 Å². The van der Waals surface area contributed by atoms with Gasteiger partial charge in [-0.15, -0.1) is 11.8 Å². The van der Waals surface area contributed by atoms with Crippen molar-refractivity contribution in [3.63, 3.8) is 0 Å². The Bertz CT molecular complexity index is 672. The molecule has 2 rings (SSSR count). The van der Waals surface area contributed by atoms with Gasteiger partial charge in [-0.25, -0.2) is 9.59 Å². The van der Waals surface area contributed by atoms with Crippen molar-refractivity contribution >= 4 is 41.4 Å². The van der Waals surface area contributed by atoms with Crippen molar-refractivity contribution in [1.29, 1.82) is 0 Å². The van der Waals surface area contributed by atoms with Gasteiger partial charge in [0.25, 0.3) is 0 Å². The molecule has 25 heavy (non-hydrogen) atoms. The van der Waals surface area contributed by atoms with E-state index in [4.69, 9.17) is 9.47 Å². The second-order valence-corrected chi connectivity index (χ2v) is 6.81. The first-order chi connectivity index (χ1) is 12.0. The topological polar surface area (TPSA) is 72.9 Å². The number of rotatable bonds is 7. The maximum Gasteiger partial charge on any atom is 0.338 e. The van der Waals surface area contributed by atoms with Crippen molar-refractivity contribution < 1.29 is 23.9 Å². The summed E-state index contributed by atoms with van der Waals surface area (Å²) in [6.07, 6.45) is 3.25. The molecule has 0 N–H and O–H groups in total. The largest absolute Gasteiger partial charge is 0.463 e. The summed E-state index contributed by atoms with van der Waals surface area (Å²) in [6.45, 7) is 2.24. The number of ether oxygens (including phenoxy) is 2. The fraction of sp³-hybridized carbons (Fsp3) is 0.353. The highest BCUT2D eigenvalue weighted by atomic mass is 32.2. The predicted octanol–water partition coefficient (Wildman–Crippen LogP) is 2.55. The molecule has 0 aromatic heterocycles. The number of thioether (sulfide) groups is 2. The minimum Gasteiger partial charge on any atom is -0.463 e. The zero-order valence-electron chi connectivity index (χ0n) is 14.0. The molecular formula is C17H19NO5S2. The summed E-state index contributed by atoms with van der Waals surface area (Å²) in [7, 11) is 0. The molecule has 1 saturated heterocycles. The first-order valence-electron chi connectivity index (χ1n) is 7.68. The van der Waals surface area contributed by atoms with Gasteiger partial charge < -0.3 is 14.4 Å². The van der Waals surface area contributed by atoms with Crippen LogP contribution in [0.25, 0.3) is 0 Å². The number of carbonyl (C=O) groups excluding carboxylic acids is 3. The number of hydrogen-bond acceptors (Lipinski definition) is 7. The summed E-state index contributed by atoms with van der Waals surface area (Å²) < 4.78 is 10.1. The van der Waals surface area contributed by atoms with E-state index >= 15 is 0 Å². The molecule has 1 heterocycles. The maximum atomic E-state index is 12.0. The molecule has 1 fully saturated rings. The average Bonchev–Trinajstić information content (AvgIpc) is 2.95. The lowest BCUT2D eigenvalue weighted by molar-refractivity contribution is -0.137. The standard InChI is InChI=1S/C17H19NO5S2/c1-3-22-16(20)10-15-18(14(19)11-25-15)8-9-23-17(21)12-4-6-13(24-2)7-5-12/h4-7,10H,3,8-9,11H2,1-2H3/b15-10-. The van der Waals surface area contributed by atoms with E-state index in [2.05, 4.69) is 0 Å². The van der Waals surface area contributed by atoms with Gasteiger partial charge in [-0.3, -0.25) is 4.79 Å². The zero-order chi connectivity index (χ0) is 18.2. The monoisotopic (exact) mass is 381 g/mol.